The molecule has 0 spiro atoms. The zero-order chi connectivity index (χ0) is 13.4. The fourth-order valence-electron chi connectivity index (χ4n) is 1.63. The lowest BCUT2D eigenvalue weighted by atomic mass is 10.1. The molecular weight excluding hydrogens is 216 g/mol. The van der Waals surface area contributed by atoms with Gasteiger partial charge in [0.15, 0.2) is 0 Å². The van der Waals surface area contributed by atoms with Crippen LogP contribution in [-0.4, -0.2) is 0 Å². The highest BCUT2D eigenvalue weighted by molar-refractivity contribution is 5.51. The number of hydrogen-bond acceptors (Lipinski definition) is 0. The van der Waals surface area contributed by atoms with Crippen LogP contribution in [0.4, 0.5) is 0 Å². The fraction of sp³-hybridized carbons (Fsp3) is 0.111. The summed E-state index contributed by atoms with van der Waals surface area (Å²) in [6.07, 6.45) is 3.74. The molecule has 0 atom stereocenters. The van der Waals surface area contributed by atoms with Crippen LogP contribution in [0, 0.1) is 13.8 Å². The van der Waals surface area contributed by atoms with E-state index < -0.39 is 0 Å². The van der Waals surface area contributed by atoms with Crippen LogP contribution in [0.15, 0.2) is 61.7 Å². The van der Waals surface area contributed by atoms with Crippen molar-refractivity contribution in [2.75, 3.05) is 0 Å². The molecule has 0 aliphatic rings. The van der Waals surface area contributed by atoms with Gasteiger partial charge in [0.25, 0.3) is 0 Å². The van der Waals surface area contributed by atoms with Gasteiger partial charge in [0.2, 0.25) is 0 Å². The molecule has 0 N–H and O–H groups in total. The lowest BCUT2D eigenvalue weighted by Crippen LogP contribution is -1.75. The third-order valence-corrected chi connectivity index (χ3v) is 2.82. The maximum absolute atomic E-state index is 3.69. The van der Waals surface area contributed by atoms with E-state index in [1.54, 1.807) is 0 Å². The standard InChI is InChI=1S/2C9H10/c2*1-3-9-7-5-4-6-8(9)2/h2*3-7H,1H2,2H3. The van der Waals surface area contributed by atoms with E-state index in [0.717, 1.165) is 0 Å². The molecule has 0 bridgehead atoms. The minimum atomic E-state index is 1.22. The van der Waals surface area contributed by atoms with Crippen LogP contribution in [0.3, 0.4) is 0 Å². The number of aryl methyl sites for hydroxylation is 2. The van der Waals surface area contributed by atoms with Crippen molar-refractivity contribution < 1.29 is 0 Å². The van der Waals surface area contributed by atoms with Crippen molar-refractivity contribution in [3.63, 3.8) is 0 Å². The van der Waals surface area contributed by atoms with E-state index in [2.05, 4.69) is 51.3 Å². The largest absolute Gasteiger partial charge is 0.0985 e. The highest BCUT2D eigenvalue weighted by atomic mass is 13.9. The number of benzene rings is 2. The summed E-state index contributed by atoms with van der Waals surface area (Å²) in [5.41, 5.74) is 5.01. The Morgan fingerprint density at radius 1 is 0.667 bits per heavy atom. The minimum Gasteiger partial charge on any atom is -0.0985 e. The third-order valence-electron chi connectivity index (χ3n) is 2.82. The highest BCUT2D eigenvalue weighted by Crippen LogP contribution is 2.07. The molecule has 92 valence electrons. The van der Waals surface area contributed by atoms with Gasteiger partial charge in [-0.15, -0.1) is 0 Å². The molecule has 0 saturated carbocycles. The molecule has 0 aliphatic carbocycles. The minimum absolute atomic E-state index is 1.22. The molecule has 0 saturated heterocycles. The van der Waals surface area contributed by atoms with Gasteiger partial charge in [-0.1, -0.05) is 73.8 Å². The molecular formula is C18H20. The van der Waals surface area contributed by atoms with Crippen molar-refractivity contribution in [2.24, 2.45) is 0 Å². The molecule has 0 heteroatoms. The summed E-state index contributed by atoms with van der Waals surface area (Å²) in [6, 6.07) is 16.4. The Bertz CT molecular complexity index is 472. The molecule has 0 aromatic heterocycles. The smallest absolute Gasteiger partial charge is 0.0233 e. The molecule has 2 aromatic rings. The van der Waals surface area contributed by atoms with Gasteiger partial charge in [-0.25, -0.2) is 0 Å². The van der Waals surface area contributed by atoms with Crippen LogP contribution in [-0.2, 0) is 0 Å². The normalized spacial score (nSPS) is 9.00. The molecule has 0 unspecified atom stereocenters. The predicted molar refractivity (Wildman–Crippen MR) is 82.5 cm³/mol. The lowest BCUT2D eigenvalue weighted by molar-refractivity contribution is 1.45. The van der Waals surface area contributed by atoms with E-state index in [1.165, 1.54) is 22.3 Å². The van der Waals surface area contributed by atoms with Gasteiger partial charge in [-0.2, -0.15) is 0 Å². The summed E-state index contributed by atoms with van der Waals surface area (Å²) in [5.74, 6) is 0. The zero-order valence-corrected chi connectivity index (χ0v) is 11.2. The maximum atomic E-state index is 3.69. The van der Waals surface area contributed by atoms with Crippen LogP contribution in [0.2, 0.25) is 0 Å². The van der Waals surface area contributed by atoms with Crippen molar-refractivity contribution in [3.8, 4) is 0 Å². The highest BCUT2D eigenvalue weighted by Gasteiger charge is 1.87. The third kappa shape index (κ3) is 4.06. The van der Waals surface area contributed by atoms with E-state index in [0.29, 0.717) is 0 Å². The van der Waals surface area contributed by atoms with Crippen LogP contribution in [0.1, 0.15) is 22.3 Å². The van der Waals surface area contributed by atoms with Crippen LogP contribution < -0.4 is 0 Å². The average molecular weight is 236 g/mol. The van der Waals surface area contributed by atoms with Gasteiger partial charge in [-0.05, 0) is 36.1 Å². The number of rotatable bonds is 2. The van der Waals surface area contributed by atoms with E-state index >= 15 is 0 Å². The van der Waals surface area contributed by atoms with Crippen molar-refractivity contribution in [1.82, 2.24) is 0 Å². The SMILES string of the molecule is C=Cc1ccccc1C.C=Cc1ccccc1C. The Morgan fingerprint density at radius 2 is 1.00 bits per heavy atom. The molecule has 2 aromatic carbocycles. The molecule has 0 radical (unpaired) electrons. The Balaban J connectivity index is 0.000000180. The molecule has 2 rings (SSSR count). The second-order valence-electron chi connectivity index (χ2n) is 4.12. The second-order valence-corrected chi connectivity index (χ2v) is 4.12. The van der Waals surface area contributed by atoms with Crippen LogP contribution in [0.25, 0.3) is 12.2 Å². The predicted octanol–water partition coefficient (Wildman–Crippen LogP) is 5.28. The first-order valence-electron chi connectivity index (χ1n) is 6.05. The first-order chi connectivity index (χ1) is 8.69. The summed E-state index contributed by atoms with van der Waals surface area (Å²) in [4.78, 5) is 0. The Kier molecular flexibility index (Phi) is 5.66. The van der Waals surface area contributed by atoms with Crippen molar-refractivity contribution in [2.45, 2.75) is 13.8 Å². The Labute approximate surface area is 110 Å². The molecule has 0 heterocycles. The van der Waals surface area contributed by atoms with Gasteiger partial charge in [0, 0.05) is 0 Å². The quantitative estimate of drug-likeness (QED) is 0.665. The Hall–Kier alpha value is -2.08. The van der Waals surface area contributed by atoms with E-state index in [1.807, 2.05) is 36.4 Å². The van der Waals surface area contributed by atoms with E-state index in [9.17, 15) is 0 Å². The summed E-state index contributed by atoms with van der Waals surface area (Å²) in [5, 5.41) is 0. The summed E-state index contributed by atoms with van der Waals surface area (Å²) >= 11 is 0. The van der Waals surface area contributed by atoms with Crippen LogP contribution >= 0.6 is 0 Å². The fourth-order valence-corrected chi connectivity index (χ4v) is 1.63. The molecule has 18 heavy (non-hydrogen) atoms. The van der Waals surface area contributed by atoms with Gasteiger partial charge in [0.1, 0.15) is 0 Å². The second kappa shape index (κ2) is 7.29. The maximum Gasteiger partial charge on any atom is -0.0233 e. The average Bonchev–Trinajstić information content (AvgIpc) is 2.41. The van der Waals surface area contributed by atoms with Crippen molar-refractivity contribution in [1.29, 1.82) is 0 Å². The first-order valence-corrected chi connectivity index (χ1v) is 6.05. The van der Waals surface area contributed by atoms with Gasteiger partial charge < -0.3 is 0 Å². The topological polar surface area (TPSA) is 0 Å². The van der Waals surface area contributed by atoms with Gasteiger partial charge in [-0.3, -0.25) is 0 Å². The van der Waals surface area contributed by atoms with Crippen LogP contribution in [0.5, 0.6) is 0 Å². The van der Waals surface area contributed by atoms with E-state index in [-0.39, 0.29) is 0 Å². The number of hydrogen-bond donors (Lipinski definition) is 0. The van der Waals surface area contributed by atoms with Gasteiger partial charge >= 0.3 is 0 Å². The first kappa shape index (κ1) is 14.0. The molecule has 0 aliphatic heterocycles. The Morgan fingerprint density at radius 3 is 1.22 bits per heavy atom. The lowest BCUT2D eigenvalue weighted by Gasteiger charge is -1.95. The van der Waals surface area contributed by atoms with E-state index in [4.69, 9.17) is 0 Å². The molecule has 0 fully saturated rings. The van der Waals surface area contributed by atoms with Gasteiger partial charge in [0.05, 0.1) is 0 Å². The van der Waals surface area contributed by atoms with Crippen molar-refractivity contribution >= 4 is 12.2 Å². The molecule has 0 amide bonds. The summed E-state index contributed by atoms with van der Waals surface area (Å²) in [7, 11) is 0. The summed E-state index contributed by atoms with van der Waals surface area (Å²) < 4.78 is 0. The monoisotopic (exact) mass is 236 g/mol. The summed E-state index contributed by atoms with van der Waals surface area (Å²) in [6.45, 7) is 11.5. The zero-order valence-electron chi connectivity index (χ0n) is 11.2. The van der Waals surface area contributed by atoms with Crippen molar-refractivity contribution in [3.05, 3.63) is 83.9 Å². The molecule has 0 nitrogen and oxygen atoms in total.